The van der Waals surface area contributed by atoms with E-state index in [0.717, 1.165) is 24.0 Å². The van der Waals surface area contributed by atoms with Gasteiger partial charge in [0.1, 0.15) is 8.07 Å². The van der Waals surface area contributed by atoms with Gasteiger partial charge < -0.3 is 0 Å². The third-order valence-electron chi connectivity index (χ3n) is 6.31. The van der Waals surface area contributed by atoms with E-state index in [1.807, 2.05) is 48.5 Å². The van der Waals surface area contributed by atoms with Crippen molar-refractivity contribution in [1.29, 1.82) is 0 Å². The predicted octanol–water partition coefficient (Wildman–Crippen LogP) is 7.65. The predicted molar refractivity (Wildman–Crippen MR) is 128 cm³/mol. The summed E-state index contributed by atoms with van der Waals surface area (Å²) in [4.78, 5) is 13.2. The first-order valence-corrected chi connectivity index (χ1v) is 13.2. The van der Waals surface area contributed by atoms with Crippen LogP contribution in [0.25, 0.3) is 0 Å². The number of benzene rings is 2. The van der Waals surface area contributed by atoms with Gasteiger partial charge in [-0.05, 0) is 28.6 Å². The van der Waals surface area contributed by atoms with Crippen LogP contribution < -0.4 is 0 Å². The molecule has 0 aliphatic rings. The smallest absolute Gasteiger partial charge is 0.170 e. The molecule has 29 heavy (non-hydrogen) atoms. The number of Topliss-reactive ketones (excluding diaryl/α,β-unsaturated/α-hetero) is 1. The Morgan fingerprint density at radius 2 is 1.28 bits per heavy atom. The first kappa shape index (κ1) is 23.2. The molecule has 0 bridgehead atoms. The molecule has 0 amide bonds. The highest BCUT2D eigenvalue weighted by molar-refractivity contribution is 6.90. The van der Waals surface area contributed by atoms with Crippen LogP contribution in [0.15, 0.2) is 60.7 Å². The molecule has 1 atom stereocenters. The Morgan fingerprint density at radius 1 is 0.793 bits per heavy atom. The second kappa shape index (κ2) is 10.6. The third-order valence-corrected chi connectivity index (χ3v) is 12.6. The van der Waals surface area contributed by atoms with Crippen molar-refractivity contribution in [1.82, 2.24) is 0 Å². The van der Waals surface area contributed by atoms with Crippen LogP contribution in [0, 0.1) is 11.5 Å². The molecule has 2 aromatic carbocycles. The van der Waals surface area contributed by atoms with Crippen molar-refractivity contribution >= 4 is 13.9 Å². The summed E-state index contributed by atoms with van der Waals surface area (Å²) in [6, 6.07) is 19.8. The SMILES string of the molecule is CC(C)[Si](C#CCCC(C(=O)c1ccccc1)c1ccccc1)(C(C)C)C(C)C. The Hall–Kier alpha value is -2.11. The van der Waals surface area contributed by atoms with Crippen molar-refractivity contribution in [3.63, 3.8) is 0 Å². The zero-order chi connectivity index (χ0) is 21.4. The fraction of sp³-hybridized carbons (Fsp3) is 0.444. The van der Waals surface area contributed by atoms with E-state index in [4.69, 9.17) is 0 Å². The van der Waals surface area contributed by atoms with E-state index in [1.165, 1.54) is 0 Å². The average Bonchev–Trinajstić information content (AvgIpc) is 2.71. The summed E-state index contributed by atoms with van der Waals surface area (Å²) in [5, 5.41) is 0. The Balaban J connectivity index is 2.26. The second-order valence-electron chi connectivity index (χ2n) is 8.93. The van der Waals surface area contributed by atoms with Crippen molar-refractivity contribution in [2.75, 3.05) is 0 Å². The lowest BCUT2D eigenvalue weighted by atomic mass is 9.87. The molecular weight excluding hydrogens is 368 g/mol. The summed E-state index contributed by atoms with van der Waals surface area (Å²) in [5.74, 6) is 3.59. The first-order valence-electron chi connectivity index (χ1n) is 10.9. The Bertz CT molecular complexity index is 803. The van der Waals surface area contributed by atoms with E-state index in [2.05, 4.69) is 65.1 Å². The molecule has 0 aliphatic heterocycles. The molecule has 154 valence electrons. The number of carbonyl (C=O) groups excluding carboxylic acids is 1. The van der Waals surface area contributed by atoms with Gasteiger partial charge in [0.2, 0.25) is 0 Å². The Morgan fingerprint density at radius 3 is 1.76 bits per heavy atom. The van der Waals surface area contributed by atoms with Gasteiger partial charge in [0.05, 0.1) is 0 Å². The van der Waals surface area contributed by atoms with Gasteiger partial charge >= 0.3 is 0 Å². The summed E-state index contributed by atoms with van der Waals surface area (Å²) >= 11 is 0. The molecule has 0 radical (unpaired) electrons. The third kappa shape index (κ3) is 5.49. The van der Waals surface area contributed by atoms with Crippen LogP contribution >= 0.6 is 0 Å². The highest BCUT2D eigenvalue weighted by Crippen LogP contribution is 2.40. The van der Waals surface area contributed by atoms with E-state index in [1.54, 1.807) is 0 Å². The second-order valence-corrected chi connectivity index (χ2v) is 14.5. The molecule has 2 aromatic rings. The molecule has 2 heteroatoms. The lowest BCUT2D eigenvalue weighted by Crippen LogP contribution is -2.43. The average molecular weight is 405 g/mol. The maximum Gasteiger partial charge on any atom is 0.170 e. The topological polar surface area (TPSA) is 17.1 Å². The number of hydrogen-bond donors (Lipinski definition) is 0. The van der Waals surface area contributed by atoms with E-state index in [-0.39, 0.29) is 11.7 Å². The van der Waals surface area contributed by atoms with Gasteiger partial charge in [-0.1, -0.05) is 102 Å². The quantitative estimate of drug-likeness (QED) is 0.251. The van der Waals surface area contributed by atoms with Crippen LogP contribution in [0.5, 0.6) is 0 Å². The molecule has 0 heterocycles. The van der Waals surface area contributed by atoms with Gasteiger partial charge in [-0.2, -0.15) is 0 Å². The fourth-order valence-corrected chi connectivity index (χ4v) is 10.1. The Labute approximate surface area is 179 Å². The molecule has 0 saturated carbocycles. The molecule has 2 rings (SSSR count). The van der Waals surface area contributed by atoms with E-state index < -0.39 is 8.07 Å². The number of hydrogen-bond acceptors (Lipinski definition) is 1. The van der Waals surface area contributed by atoms with Crippen LogP contribution in [-0.2, 0) is 0 Å². The minimum Gasteiger partial charge on any atom is -0.293 e. The van der Waals surface area contributed by atoms with Crippen molar-refractivity contribution < 1.29 is 4.79 Å². The van der Waals surface area contributed by atoms with Gasteiger partial charge in [0, 0.05) is 17.9 Å². The number of carbonyl (C=O) groups is 1. The summed E-state index contributed by atoms with van der Waals surface area (Å²) in [7, 11) is -1.72. The summed E-state index contributed by atoms with van der Waals surface area (Å²) < 4.78 is 0. The van der Waals surface area contributed by atoms with Crippen molar-refractivity contribution in [3.05, 3.63) is 71.8 Å². The molecule has 0 N–H and O–H groups in total. The largest absolute Gasteiger partial charge is 0.293 e. The summed E-state index contributed by atoms with van der Waals surface area (Å²) in [6.45, 7) is 14.0. The maximum atomic E-state index is 13.2. The van der Waals surface area contributed by atoms with E-state index in [0.29, 0.717) is 16.6 Å². The molecule has 0 aromatic heterocycles. The molecule has 0 fully saturated rings. The first-order chi connectivity index (χ1) is 13.8. The maximum absolute atomic E-state index is 13.2. The molecule has 1 nitrogen and oxygen atoms in total. The zero-order valence-electron chi connectivity index (χ0n) is 18.9. The van der Waals surface area contributed by atoms with Crippen LogP contribution in [0.1, 0.15) is 76.2 Å². The Kier molecular flexibility index (Phi) is 8.47. The number of rotatable bonds is 8. The van der Waals surface area contributed by atoms with Crippen molar-refractivity contribution in [2.24, 2.45) is 0 Å². The van der Waals surface area contributed by atoms with Crippen LogP contribution in [0.4, 0.5) is 0 Å². The van der Waals surface area contributed by atoms with Crippen molar-refractivity contribution in [2.45, 2.75) is 76.9 Å². The highest BCUT2D eigenvalue weighted by atomic mass is 28.3. The fourth-order valence-electron chi connectivity index (χ4n) is 4.80. The minimum absolute atomic E-state index is 0.138. The van der Waals surface area contributed by atoms with Crippen LogP contribution in [-0.4, -0.2) is 13.9 Å². The summed E-state index contributed by atoms with van der Waals surface area (Å²) in [5.41, 5.74) is 7.55. The molecule has 0 spiro atoms. The normalized spacial score (nSPS) is 12.7. The monoisotopic (exact) mass is 404 g/mol. The van der Waals surface area contributed by atoms with E-state index in [9.17, 15) is 4.79 Å². The zero-order valence-corrected chi connectivity index (χ0v) is 19.9. The van der Waals surface area contributed by atoms with E-state index >= 15 is 0 Å². The van der Waals surface area contributed by atoms with Crippen LogP contribution in [0.3, 0.4) is 0 Å². The lowest BCUT2D eigenvalue weighted by molar-refractivity contribution is 0.0955. The van der Waals surface area contributed by atoms with Gasteiger partial charge in [-0.25, -0.2) is 0 Å². The van der Waals surface area contributed by atoms with Crippen LogP contribution in [0.2, 0.25) is 16.6 Å². The van der Waals surface area contributed by atoms with Crippen molar-refractivity contribution in [3.8, 4) is 11.5 Å². The highest BCUT2D eigenvalue weighted by Gasteiger charge is 2.41. The van der Waals surface area contributed by atoms with Gasteiger partial charge in [-0.3, -0.25) is 4.79 Å². The standard InChI is InChI=1S/C27H36OSi/c1-21(2)29(22(3)4,23(5)6)20-14-13-19-26(24-15-9-7-10-16-24)27(28)25-17-11-8-12-18-25/h7-12,15-18,21-23,26H,13,19H2,1-6H3. The molecule has 0 aliphatic carbocycles. The van der Waals surface area contributed by atoms with Gasteiger partial charge in [0.25, 0.3) is 0 Å². The molecule has 1 unspecified atom stereocenters. The van der Waals surface area contributed by atoms with Gasteiger partial charge in [0.15, 0.2) is 5.78 Å². The number of ketones is 1. The molecular formula is C27H36OSi. The summed E-state index contributed by atoms with van der Waals surface area (Å²) in [6.07, 6.45) is 1.53. The van der Waals surface area contributed by atoms with Gasteiger partial charge in [-0.15, -0.1) is 11.5 Å². The lowest BCUT2D eigenvalue weighted by Gasteiger charge is -2.38. The minimum atomic E-state index is -1.72. The molecule has 0 saturated heterocycles.